The smallest absolute Gasteiger partial charge is 0.329 e. The highest BCUT2D eigenvalue weighted by Gasteiger charge is 2.35. The van der Waals surface area contributed by atoms with Gasteiger partial charge in [-0.2, -0.15) is 0 Å². The number of benzene rings is 3. The van der Waals surface area contributed by atoms with Crippen LogP contribution in [-0.4, -0.2) is 33.9 Å². The number of imide groups is 1. The van der Waals surface area contributed by atoms with Crippen molar-refractivity contribution in [2.45, 2.75) is 13.5 Å². The molecular formula is C28H22ClFN4O3. The zero-order valence-electron chi connectivity index (χ0n) is 19.8. The van der Waals surface area contributed by atoms with Crippen molar-refractivity contribution >= 4 is 52.1 Å². The minimum Gasteiger partial charge on any atom is -0.340 e. The van der Waals surface area contributed by atoms with Crippen LogP contribution in [0.5, 0.6) is 0 Å². The molecule has 186 valence electrons. The van der Waals surface area contributed by atoms with E-state index in [0.29, 0.717) is 11.6 Å². The molecule has 1 saturated heterocycles. The van der Waals surface area contributed by atoms with Crippen LogP contribution in [0.2, 0.25) is 5.02 Å². The first kappa shape index (κ1) is 24.3. The number of aromatic nitrogens is 1. The van der Waals surface area contributed by atoms with Crippen molar-refractivity contribution in [1.82, 2.24) is 14.8 Å². The van der Waals surface area contributed by atoms with Gasteiger partial charge in [-0.15, -0.1) is 0 Å². The molecule has 1 aromatic heterocycles. The van der Waals surface area contributed by atoms with E-state index < -0.39 is 30.2 Å². The van der Waals surface area contributed by atoms with E-state index in [1.807, 2.05) is 55.5 Å². The van der Waals surface area contributed by atoms with E-state index >= 15 is 0 Å². The van der Waals surface area contributed by atoms with E-state index in [1.165, 1.54) is 18.2 Å². The van der Waals surface area contributed by atoms with Crippen LogP contribution in [0.15, 0.2) is 78.5 Å². The molecule has 0 unspecified atom stereocenters. The molecule has 0 radical (unpaired) electrons. The summed E-state index contributed by atoms with van der Waals surface area (Å²) in [5.41, 5.74) is 3.56. The van der Waals surface area contributed by atoms with Crippen molar-refractivity contribution in [2.24, 2.45) is 0 Å². The molecule has 37 heavy (non-hydrogen) atoms. The Bertz CT molecular complexity index is 1590. The van der Waals surface area contributed by atoms with Gasteiger partial charge in [-0.1, -0.05) is 60.1 Å². The number of para-hydroxylation sites is 2. The summed E-state index contributed by atoms with van der Waals surface area (Å²) in [5, 5.41) is 6.50. The molecule has 4 amide bonds. The maximum Gasteiger partial charge on any atom is 0.329 e. The van der Waals surface area contributed by atoms with Gasteiger partial charge in [0.25, 0.3) is 5.91 Å². The average molecular weight is 517 g/mol. The molecule has 0 bridgehead atoms. The summed E-state index contributed by atoms with van der Waals surface area (Å²) in [6.07, 6.45) is 1.62. The van der Waals surface area contributed by atoms with Crippen LogP contribution in [0.1, 0.15) is 16.8 Å². The first-order chi connectivity index (χ1) is 17.8. The average Bonchev–Trinajstić information content (AvgIpc) is 3.30. The summed E-state index contributed by atoms with van der Waals surface area (Å²) in [5.74, 6) is -1.95. The third kappa shape index (κ3) is 4.71. The second-order valence-electron chi connectivity index (χ2n) is 8.60. The molecule has 4 aromatic rings. The van der Waals surface area contributed by atoms with Crippen molar-refractivity contribution in [1.29, 1.82) is 0 Å². The van der Waals surface area contributed by atoms with Crippen LogP contribution in [0.4, 0.5) is 14.9 Å². The summed E-state index contributed by atoms with van der Waals surface area (Å²) in [6.45, 7) is 1.91. The third-order valence-corrected chi connectivity index (χ3v) is 6.64. The number of hydrogen-bond donors (Lipinski definition) is 2. The monoisotopic (exact) mass is 516 g/mol. The maximum atomic E-state index is 13.9. The fourth-order valence-electron chi connectivity index (χ4n) is 4.40. The molecule has 1 aliphatic heterocycles. The zero-order chi connectivity index (χ0) is 26.1. The van der Waals surface area contributed by atoms with E-state index in [-0.39, 0.29) is 11.4 Å². The number of urea groups is 1. The van der Waals surface area contributed by atoms with Gasteiger partial charge in [0.1, 0.15) is 18.1 Å². The first-order valence-corrected chi connectivity index (χ1v) is 11.9. The van der Waals surface area contributed by atoms with E-state index in [0.717, 1.165) is 32.6 Å². The molecule has 5 rings (SSSR count). The van der Waals surface area contributed by atoms with E-state index in [2.05, 4.69) is 15.2 Å². The van der Waals surface area contributed by atoms with Crippen LogP contribution in [0.3, 0.4) is 0 Å². The Hall–Kier alpha value is -4.43. The molecule has 1 aliphatic rings. The lowest BCUT2D eigenvalue weighted by Gasteiger charge is -2.12. The Morgan fingerprint density at radius 1 is 1.03 bits per heavy atom. The minimum absolute atomic E-state index is 0.0303. The number of carbonyl (C=O) groups excluding carboxylic acids is 3. The Morgan fingerprint density at radius 2 is 1.73 bits per heavy atom. The van der Waals surface area contributed by atoms with Gasteiger partial charge in [0.15, 0.2) is 0 Å². The van der Waals surface area contributed by atoms with Gasteiger partial charge in [0.2, 0.25) is 5.91 Å². The number of rotatable bonds is 6. The van der Waals surface area contributed by atoms with Crippen LogP contribution < -0.4 is 10.6 Å². The first-order valence-electron chi connectivity index (χ1n) is 11.5. The van der Waals surface area contributed by atoms with Crippen molar-refractivity contribution in [2.75, 3.05) is 11.9 Å². The van der Waals surface area contributed by atoms with E-state index in [9.17, 15) is 18.8 Å². The summed E-state index contributed by atoms with van der Waals surface area (Å²) in [4.78, 5) is 38.8. The molecule has 7 nitrogen and oxygen atoms in total. The van der Waals surface area contributed by atoms with Crippen LogP contribution in [-0.2, 0) is 16.1 Å². The standard InChI is InChI=1S/C28H22ClFN4O3/c1-17-20(19-9-3-7-13-25(19)33(17)15-18-8-2-4-10-21(18)29)14-24-27(36)34(28(37)32-24)16-26(35)31-23-12-6-5-11-22(23)30/h2-14H,15-16H2,1H3,(H,31,35)(H,32,37)/b24-14+. The fraction of sp³-hybridized carbons (Fsp3) is 0.107. The number of amides is 4. The van der Waals surface area contributed by atoms with Gasteiger partial charge in [-0.3, -0.25) is 9.59 Å². The predicted octanol–water partition coefficient (Wildman–Crippen LogP) is 5.32. The van der Waals surface area contributed by atoms with E-state index in [4.69, 9.17) is 11.6 Å². The summed E-state index contributed by atoms with van der Waals surface area (Å²) in [7, 11) is 0. The quantitative estimate of drug-likeness (QED) is 0.269. The molecular weight excluding hydrogens is 495 g/mol. The number of nitrogens with zero attached hydrogens (tertiary/aromatic N) is 2. The lowest BCUT2D eigenvalue weighted by atomic mass is 10.1. The molecule has 3 aromatic carbocycles. The molecule has 1 fully saturated rings. The minimum atomic E-state index is -0.725. The van der Waals surface area contributed by atoms with Crippen molar-refractivity contribution in [3.8, 4) is 0 Å². The second-order valence-corrected chi connectivity index (χ2v) is 9.01. The Balaban J connectivity index is 1.43. The topological polar surface area (TPSA) is 83.4 Å². The van der Waals surface area contributed by atoms with Gasteiger partial charge in [-0.25, -0.2) is 14.1 Å². The highest BCUT2D eigenvalue weighted by Crippen LogP contribution is 2.30. The van der Waals surface area contributed by atoms with Gasteiger partial charge in [0, 0.05) is 33.7 Å². The lowest BCUT2D eigenvalue weighted by molar-refractivity contribution is -0.127. The largest absolute Gasteiger partial charge is 0.340 e. The number of carbonyl (C=O) groups is 3. The van der Waals surface area contributed by atoms with Crippen molar-refractivity contribution in [3.05, 3.63) is 106 Å². The number of hydrogen-bond acceptors (Lipinski definition) is 3. The summed E-state index contributed by atoms with van der Waals surface area (Å²) >= 11 is 6.40. The third-order valence-electron chi connectivity index (χ3n) is 6.27. The lowest BCUT2D eigenvalue weighted by Crippen LogP contribution is -2.38. The maximum absolute atomic E-state index is 13.9. The Labute approximate surface area is 217 Å². The molecule has 0 spiro atoms. The zero-order valence-corrected chi connectivity index (χ0v) is 20.6. The molecule has 0 atom stereocenters. The molecule has 0 saturated carbocycles. The van der Waals surface area contributed by atoms with Crippen molar-refractivity contribution < 1.29 is 18.8 Å². The number of fused-ring (bicyclic) bond motifs is 1. The van der Waals surface area contributed by atoms with Crippen LogP contribution in [0, 0.1) is 12.7 Å². The fourth-order valence-corrected chi connectivity index (χ4v) is 4.59. The van der Waals surface area contributed by atoms with Crippen LogP contribution in [0.25, 0.3) is 17.0 Å². The number of halogens is 2. The molecule has 2 N–H and O–H groups in total. The normalized spacial score (nSPS) is 14.5. The van der Waals surface area contributed by atoms with Gasteiger partial charge >= 0.3 is 6.03 Å². The second kappa shape index (κ2) is 9.91. The number of anilines is 1. The highest BCUT2D eigenvalue weighted by molar-refractivity contribution is 6.31. The number of nitrogens with one attached hydrogen (secondary N) is 2. The summed E-state index contributed by atoms with van der Waals surface area (Å²) in [6, 6.07) is 20.3. The molecule has 2 heterocycles. The molecule has 9 heteroatoms. The molecule has 0 aliphatic carbocycles. The van der Waals surface area contributed by atoms with Crippen LogP contribution >= 0.6 is 11.6 Å². The highest BCUT2D eigenvalue weighted by atomic mass is 35.5. The summed E-state index contributed by atoms with van der Waals surface area (Å²) < 4.78 is 16.0. The van der Waals surface area contributed by atoms with Gasteiger partial charge in [-0.05, 0) is 42.8 Å². The Morgan fingerprint density at radius 3 is 2.51 bits per heavy atom. The predicted molar refractivity (Wildman–Crippen MR) is 140 cm³/mol. The van der Waals surface area contributed by atoms with E-state index in [1.54, 1.807) is 12.1 Å². The van der Waals surface area contributed by atoms with Crippen molar-refractivity contribution in [3.63, 3.8) is 0 Å². The van der Waals surface area contributed by atoms with Gasteiger partial charge in [0.05, 0.1) is 5.69 Å². The SMILES string of the molecule is Cc1c(/C=C2/NC(=O)N(CC(=O)Nc3ccccc3F)C2=O)c2ccccc2n1Cc1ccccc1Cl. The Kier molecular flexibility index (Phi) is 6.50. The van der Waals surface area contributed by atoms with Gasteiger partial charge < -0.3 is 15.2 Å².